The van der Waals surface area contributed by atoms with Crippen LogP contribution in [0, 0.1) is 0 Å². The first-order valence-electron chi connectivity index (χ1n) is 9.99. The minimum atomic E-state index is -0.220. The molecular weight excluding hydrogens is 358 g/mol. The van der Waals surface area contributed by atoms with Crippen molar-refractivity contribution in [1.29, 1.82) is 0 Å². The lowest BCUT2D eigenvalue weighted by Crippen LogP contribution is -2.30. The quantitative estimate of drug-likeness (QED) is 0.250. The van der Waals surface area contributed by atoms with Gasteiger partial charge in [-0.2, -0.15) is 0 Å². The molecule has 0 aromatic heterocycles. The molecule has 2 rings (SSSR count). The Balaban J connectivity index is 1.84. The van der Waals surface area contributed by atoms with Gasteiger partial charge in [-0.15, -0.1) is 0 Å². The van der Waals surface area contributed by atoms with Gasteiger partial charge >= 0.3 is 5.97 Å². The third-order valence-corrected chi connectivity index (χ3v) is 4.53. The number of esters is 1. The molecule has 152 valence electrons. The molecule has 1 aromatic carbocycles. The van der Waals surface area contributed by atoms with Gasteiger partial charge in [0, 0.05) is 24.1 Å². The van der Waals surface area contributed by atoms with Gasteiger partial charge in [0.25, 0.3) is 5.91 Å². The lowest BCUT2D eigenvalue weighted by atomic mass is 10.1. The van der Waals surface area contributed by atoms with E-state index in [1.54, 1.807) is 13.0 Å². The van der Waals surface area contributed by atoms with Crippen LogP contribution in [0.15, 0.2) is 29.8 Å². The van der Waals surface area contributed by atoms with Crippen molar-refractivity contribution in [2.45, 2.75) is 52.4 Å². The summed E-state index contributed by atoms with van der Waals surface area (Å²) in [5.41, 5.74) is 1.31. The molecule has 6 heteroatoms. The molecular formula is C22H29NO5. The van der Waals surface area contributed by atoms with Gasteiger partial charge in [-0.05, 0) is 38.8 Å². The second-order valence-electron chi connectivity index (χ2n) is 6.64. The molecule has 28 heavy (non-hydrogen) atoms. The lowest BCUT2D eigenvalue weighted by molar-refractivity contribution is -0.143. The van der Waals surface area contributed by atoms with Crippen molar-refractivity contribution >= 4 is 23.9 Å². The molecule has 1 aromatic rings. The van der Waals surface area contributed by atoms with E-state index in [-0.39, 0.29) is 24.2 Å². The molecule has 2 amide bonds. The SMILES string of the molecule is CCOC(=O)CCCCCCN1C(=O)C/C(=C\c2ccccc2OCC)C1=O. The number of para-hydroxylation sites is 1. The molecule has 0 atom stereocenters. The Bertz CT molecular complexity index is 725. The van der Waals surface area contributed by atoms with Crippen molar-refractivity contribution < 1.29 is 23.9 Å². The van der Waals surface area contributed by atoms with E-state index in [4.69, 9.17) is 9.47 Å². The van der Waals surface area contributed by atoms with Gasteiger partial charge in [0.05, 0.1) is 19.6 Å². The number of rotatable bonds is 11. The van der Waals surface area contributed by atoms with Crippen LogP contribution < -0.4 is 4.74 Å². The maximum absolute atomic E-state index is 12.6. The van der Waals surface area contributed by atoms with Crippen molar-refractivity contribution in [1.82, 2.24) is 4.90 Å². The van der Waals surface area contributed by atoms with E-state index in [2.05, 4.69) is 0 Å². The van der Waals surface area contributed by atoms with E-state index >= 15 is 0 Å². The van der Waals surface area contributed by atoms with E-state index in [0.29, 0.717) is 37.5 Å². The summed E-state index contributed by atoms with van der Waals surface area (Å²) in [6, 6.07) is 7.49. The molecule has 0 N–H and O–H groups in total. The zero-order valence-corrected chi connectivity index (χ0v) is 16.7. The number of ether oxygens (including phenoxy) is 2. The zero-order valence-electron chi connectivity index (χ0n) is 16.7. The maximum Gasteiger partial charge on any atom is 0.305 e. The number of likely N-dealkylation sites (tertiary alicyclic amines) is 1. The lowest BCUT2D eigenvalue weighted by Gasteiger charge is -2.13. The van der Waals surface area contributed by atoms with Crippen molar-refractivity contribution in [2.24, 2.45) is 0 Å². The summed E-state index contributed by atoms with van der Waals surface area (Å²) < 4.78 is 10.5. The summed E-state index contributed by atoms with van der Waals surface area (Å²) >= 11 is 0. The van der Waals surface area contributed by atoms with E-state index in [1.165, 1.54) is 4.90 Å². The van der Waals surface area contributed by atoms with Crippen LogP contribution >= 0.6 is 0 Å². The Morgan fingerprint density at radius 2 is 1.82 bits per heavy atom. The predicted molar refractivity (Wildman–Crippen MR) is 107 cm³/mol. The summed E-state index contributed by atoms with van der Waals surface area (Å²) in [5.74, 6) is 0.159. The van der Waals surface area contributed by atoms with Crippen molar-refractivity contribution in [3.8, 4) is 5.75 Å². The molecule has 0 spiro atoms. The molecule has 0 radical (unpaired) electrons. The minimum absolute atomic E-state index is 0.127. The Morgan fingerprint density at radius 3 is 2.57 bits per heavy atom. The molecule has 1 fully saturated rings. The minimum Gasteiger partial charge on any atom is -0.493 e. The standard InChI is InChI=1S/C22H29NO5/c1-3-27-19-12-9-8-11-17(19)15-18-16-20(24)23(22(18)26)14-10-6-5-7-13-21(25)28-4-2/h8-9,11-12,15H,3-7,10,13-14,16H2,1-2H3/b18-15+. The molecule has 1 heterocycles. The van der Waals surface area contributed by atoms with Gasteiger partial charge in [-0.1, -0.05) is 31.0 Å². The fraction of sp³-hybridized carbons (Fsp3) is 0.500. The summed E-state index contributed by atoms with van der Waals surface area (Å²) in [6.45, 7) is 5.06. The van der Waals surface area contributed by atoms with Gasteiger partial charge in [0.1, 0.15) is 5.75 Å². The van der Waals surface area contributed by atoms with E-state index < -0.39 is 0 Å². The number of imide groups is 1. The fourth-order valence-corrected chi connectivity index (χ4v) is 3.16. The normalized spacial score (nSPS) is 15.4. The summed E-state index contributed by atoms with van der Waals surface area (Å²) in [7, 11) is 0. The first-order chi connectivity index (χ1) is 13.6. The van der Waals surface area contributed by atoms with Gasteiger partial charge in [0.2, 0.25) is 5.91 Å². The van der Waals surface area contributed by atoms with Gasteiger partial charge in [-0.25, -0.2) is 0 Å². The maximum atomic E-state index is 12.6. The van der Waals surface area contributed by atoms with Crippen LogP contribution in [0.5, 0.6) is 5.75 Å². The summed E-state index contributed by atoms with van der Waals surface area (Å²) in [5, 5.41) is 0. The van der Waals surface area contributed by atoms with Crippen LogP contribution in [-0.4, -0.2) is 42.4 Å². The highest BCUT2D eigenvalue weighted by molar-refractivity contribution is 6.15. The highest BCUT2D eigenvalue weighted by Crippen LogP contribution is 2.26. The van der Waals surface area contributed by atoms with Gasteiger partial charge in [-0.3, -0.25) is 19.3 Å². The summed E-state index contributed by atoms with van der Waals surface area (Å²) in [6.07, 6.45) is 5.54. The molecule has 1 saturated heterocycles. The average molecular weight is 387 g/mol. The molecule has 1 aliphatic heterocycles. The number of nitrogens with zero attached hydrogens (tertiary/aromatic N) is 1. The number of carbonyl (C=O) groups is 3. The van der Waals surface area contributed by atoms with Crippen molar-refractivity contribution in [3.63, 3.8) is 0 Å². The summed E-state index contributed by atoms with van der Waals surface area (Å²) in [4.78, 5) is 37.5. The Hall–Kier alpha value is -2.63. The third-order valence-electron chi connectivity index (χ3n) is 4.53. The smallest absolute Gasteiger partial charge is 0.305 e. The van der Waals surface area contributed by atoms with E-state index in [1.807, 2.05) is 31.2 Å². The van der Waals surface area contributed by atoms with Crippen LogP contribution in [0.3, 0.4) is 0 Å². The van der Waals surface area contributed by atoms with Crippen molar-refractivity contribution in [3.05, 3.63) is 35.4 Å². The molecule has 0 bridgehead atoms. The largest absolute Gasteiger partial charge is 0.493 e. The molecule has 0 saturated carbocycles. The molecule has 0 aliphatic carbocycles. The van der Waals surface area contributed by atoms with Crippen molar-refractivity contribution in [2.75, 3.05) is 19.8 Å². The third kappa shape index (κ3) is 6.22. The second kappa shape index (κ2) is 11.3. The molecule has 0 unspecified atom stereocenters. The average Bonchev–Trinajstić information content (AvgIpc) is 2.93. The van der Waals surface area contributed by atoms with Crippen LogP contribution in [0.2, 0.25) is 0 Å². The topological polar surface area (TPSA) is 72.9 Å². The first-order valence-corrected chi connectivity index (χ1v) is 9.99. The van der Waals surface area contributed by atoms with E-state index in [0.717, 1.165) is 31.2 Å². The fourth-order valence-electron chi connectivity index (χ4n) is 3.16. The van der Waals surface area contributed by atoms with Crippen LogP contribution in [0.1, 0.15) is 57.9 Å². The van der Waals surface area contributed by atoms with E-state index in [9.17, 15) is 14.4 Å². The number of unbranched alkanes of at least 4 members (excludes halogenated alkanes) is 3. The number of carbonyl (C=O) groups excluding carboxylic acids is 3. The second-order valence-corrected chi connectivity index (χ2v) is 6.64. The number of benzene rings is 1. The van der Waals surface area contributed by atoms with Crippen LogP contribution in [0.4, 0.5) is 0 Å². The highest BCUT2D eigenvalue weighted by Gasteiger charge is 2.33. The van der Waals surface area contributed by atoms with Gasteiger partial charge in [0.15, 0.2) is 0 Å². The first kappa shape index (κ1) is 21.7. The Kier molecular flexibility index (Phi) is 8.72. The number of amides is 2. The highest BCUT2D eigenvalue weighted by atomic mass is 16.5. The molecule has 1 aliphatic rings. The van der Waals surface area contributed by atoms with Crippen LogP contribution in [0.25, 0.3) is 6.08 Å². The van der Waals surface area contributed by atoms with Crippen LogP contribution in [-0.2, 0) is 19.1 Å². The monoisotopic (exact) mass is 387 g/mol. The van der Waals surface area contributed by atoms with Gasteiger partial charge < -0.3 is 9.47 Å². The number of hydrogen-bond acceptors (Lipinski definition) is 5. The predicted octanol–water partition coefficient (Wildman–Crippen LogP) is 3.74. The Labute approximate surface area is 166 Å². The Morgan fingerprint density at radius 1 is 1.07 bits per heavy atom. The zero-order chi connectivity index (χ0) is 20.4. The molecule has 6 nitrogen and oxygen atoms in total. The number of hydrogen-bond donors (Lipinski definition) is 0.